The van der Waals surface area contributed by atoms with E-state index in [4.69, 9.17) is 4.74 Å². The molecule has 3 rings (SSSR count). The normalized spacial score (nSPS) is 11.9. The van der Waals surface area contributed by atoms with Crippen LogP contribution in [0.1, 0.15) is 39.0 Å². The van der Waals surface area contributed by atoms with Crippen molar-refractivity contribution in [3.05, 3.63) is 70.7 Å². The highest BCUT2D eigenvalue weighted by Crippen LogP contribution is 2.23. The Morgan fingerprint density at radius 2 is 2.00 bits per heavy atom. The van der Waals surface area contributed by atoms with Crippen LogP contribution in [-0.4, -0.2) is 58.3 Å². The van der Waals surface area contributed by atoms with Crippen molar-refractivity contribution in [3.8, 4) is 0 Å². The fraction of sp³-hybridized carbons (Fsp3) is 0.364. The number of carbonyl (C=O) groups is 1. The van der Waals surface area contributed by atoms with Gasteiger partial charge in [0.25, 0.3) is 5.91 Å². The summed E-state index contributed by atoms with van der Waals surface area (Å²) in [5.74, 6) is 0.0438. The molecule has 2 aromatic heterocycles. The van der Waals surface area contributed by atoms with Crippen molar-refractivity contribution >= 4 is 11.7 Å². The second-order valence-electron chi connectivity index (χ2n) is 7.33. The van der Waals surface area contributed by atoms with Gasteiger partial charge < -0.3 is 15.0 Å². The first-order valence-corrected chi connectivity index (χ1v) is 9.99. The third-order valence-electron chi connectivity index (χ3n) is 5.21. The van der Waals surface area contributed by atoms with E-state index < -0.39 is 6.04 Å². The molecule has 164 valence electrons. The van der Waals surface area contributed by atoms with Gasteiger partial charge in [-0.3, -0.25) is 9.89 Å². The van der Waals surface area contributed by atoms with E-state index in [0.29, 0.717) is 12.4 Å². The molecular weight excluding hydrogens is 399 g/mol. The number of nitrogens with zero attached hydrogens (tertiary/aromatic N) is 4. The number of hydrogen-bond acceptors (Lipinski definition) is 6. The number of aromatic nitrogens is 4. The molecule has 1 amide bonds. The number of halogens is 1. The predicted octanol–water partition coefficient (Wildman–Crippen LogP) is 3.07. The molecule has 8 nitrogen and oxygen atoms in total. The number of aromatic amines is 1. The van der Waals surface area contributed by atoms with E-state index >= 15 is 0 Å². The van der Waals surface area contributed by atoms with Gasteiger partial charge >= 0.3 is 0 Å². The number of carbonyl (C=O) groups excluding carboxylic acids is 1. The van der Waals surface area contributed by atoms with E-state index in [1.807, 2.05) is 20.0 Å². The summed E-state index contributed by atoms with van der Waals surface area (Å²) in [6.45, 7) is 4.66. The van der Waals surface area contributed by atoms with Gasteiger partial charge in [-0.2, -0.15) is 5.10 Å². The van der Waals surface area contributed by atoms with Crippen molar-refractivity contribution in [1.29, 1.82) is 0 Å². The van der Waals surface area contributed by atoms with Crippen molar-refractivity contribution < 1.29 is 13.9 Å². The maximum Gasteiger partial charge on any atom is 0.292 e. The van der Waals surface area contributed by atoms with Crippen molar-refractivity contribution in [2.75, 3.05) is 32.6 Å². The summed E-state index contributed by atoms with van der Waals surface area (Å²) in [7, 11) is 3.23. The Kier molecular flexibility index (Phi) is 7.30. The fourth-order valence-electron chi connectivity index (χ4n) is 3.21. The van der Waals surface area contributed by atoms with Gasteiger partial charge in [-0.25, -0.2) is 14.4 Å². The lowest BCUT2D eigenvalue weighted by Crippen LogP contribution is -2.35. The van der Waals surface area contributed by atoms with Crippen molar-refractivity contribution in [2.24, 2.45) is 0 Å². The van der Waals surface area contributed by atoms with Crippen LogP contribution in [0.5, 0.6) is 0 Å². The van der Waals surface area contributed by atoms with Gasteiger partial charge in [-0.1, -0.05) is 12.1 Å². The molecule has 0 fully saturated rings. The molecule has 3 aromatic rings. The molecule has 0 bridgehead atoms. The van der Waals surface area contributed by atoms with Gasteiger partial charge in [0.05, 0.1) is 18.8 Å². The summed E-state index contributed by atoms with van der Waals surface area (Å²) in [5.41, 5.74) is 3.45. The van der Waals surface area contributed by atoms with Crippen LogP contribution < -0.4 is 5.32 Å². The molecule has 0 aliphatic heterocycles. The van der Waals surface area contributed by atoms with E-state index in [2.05, 4.69) is 25.5 Å². The summed E-state index contributed by atoms with van der Waals surface area (Å²) in [6.07, 6.45) is 4.38. The number of anilines is 1. The average molecular weight is 426 g/mol. The number of rotatable bonds is 9. The van der Waals surface area contributed by atoms with Gasteiger partial charge in [0.15, 0.2) is 0 Å². The molecule has 0 aliphatic rings. The standard InChI is InChI=1S/C22H27FN6O2/c1-14-15(2)27-21(28-20(14)24-10-9-16-11-25-26-12-16)22(30)29(3)19(13-31-4)17-5-7-18(23)8-6-17/h5-8,11-12,19H,9-10,13H2,1-4H3,(H,25,26)(H,24,27,28). The molecule has 31 heavy (non-hydrogen) atoms. The number of methoxy groups -OCH3 is 1. The van der Waals surface area contributed by atoms with Crippen LogP contribution in [0.4, 0.5) is 10.2 Å². The first-order chi connectivity index (χ1) is 14.9. The minimum absolute atomic E-state index is 0.0969. The number of nitrogens with one attached hydrogen (secondary N) is 2. The smallest absolute Gasteiger partial charge is 0.292 e. The first kappa shape index (κ1) is 22.4. The number of ether oxygens (including phenoxy) is 1. The third-order valence-corrected chi connectivity index (χ3v) is 5.21. The minimum atomic E-state index is -0.402. The second-order valence-corrected chi connectivity index (χ2v) is 7.33. The summed E-state index contributed by atoms with van der Waals surface area (Å²) in [6, 6.07) is 5.62. The van der Waals surface area contributed by atoms with E-state index in [0.717, 1.165) is 28.8 Å². The largest absolute Gasteiger partial charge is 0.382 e. The SMILES string of the molecule is COCC(c1ccc(F)cc1)N(C)C(=O)c1nc(C)c(C)c(NCCc2cn[nH]c2)n1. The zero-order valence-electron chi connectivity index (χ0n) is 18.1. The lowest BCUT2D eigenvalue weighted by atomic mass is 10.1. The van der Waals surface area contributed by atoms with Crippen LogP contribution in [-0.2, 0) is 11.2 Å². The predicted molar refractivity (Wildman–Crippen MR) is 115 cm³/mol. The summed E-state index contributed by atoms with van der Waals surface area (Å²) in [5, 5.41) is 10.0. The maximum absolute atomic E-state index is 13.3. The molecule has 2 N–H and O–H groups in total. The van der Waals surface area contributed by atoms with Gasteiger partial charge in [-0.15, -0.1) is 0 Å². The number of H-pyrrole nitrogens is 1. The van der Waals surface area contributed by atoms with Crippen molar-refractivity contribution in [3.63, 3.8) is 0 Å². The molecule has 2 heterocycles. The van der Waals surface area contributed by atoms with E-state index in [-0.39, 0.29) is 24.2 Å². The summed E-state index contributed by atoms with van der Waals surface area (Å²) < 4.78 is 18.6. The number of likely N-dealkylation sites (N-methyl/N-ethyl adjacent to an activating group) is 1. The summed E-state index contributed by atoms with van der Waals surface area (Å²) in [4.78, 5) is 23.6. The van der Waals surface area contributed by atoms with Crippen LogP contribution in [0.2, 0.25) is 0 Å². The maximum atomic E-state index is 13.3. The molecule has 9 heteroatoms. The number of benzene rings is 1. The Morgan fingerprint density at radius 1 is 1.26 bits per heavy atom. The Hall–Kier alpha value is -3.33. The molecule has 0 radical (unpaired) electrons. The van der Waals surface area contributed by atoms with Crippen LogP contribution in [0.25, 0.3) is 0 Å². The van der Waals surface area contributed by atoms with E-state index in [1.165, 1.54) is 17.0 Å². The number of amides is 1. The fourth-order valence-corrected chi connectivity index (χ4v) is 3.21. The average Bonchev–Trinajstić information content (AvgIpc) is 3.28. The quantitative estimate of drug-likeness (QED) is 0.546. The van der Waals surface area contributed by atoms with E-state index in [9.17, 15) is 9.18 Å². The van der Waals surface area contributed by atoms with Gasteiger partial charge in [0.1, 0.15) is 11.6 Å². The Balaban J connectivity index is 1.79. The highest BCUT2D eigenvalue weighted by molar-refractivity contribution is 5.91. The van der Waals surface area contributed by atoms with Crippen LogP contribution in [0.3, 0.4) is 0 Å². The van der Waals surface area contributed by atoms with Crippen LogP contribution >= 0.6 is 0 Å². The summed E-state index contributed by atoms with van der Waals surface area (Å²) >= 11 is 0. The number of hydrogen-bond donors (Lipinski definition) is 2. The molecule has 1 aromatic carbocycles. The highest BCUT2D eigenvalue weighted by atomic mass is 19.1. The molecule has 1 unspecified atom stereocenters. The molecule has 0 aliphatic carbocycles. The lowest BCUT2D eigenvalue weighted by molar-refractivity contribution is 0.0590. The molecule has 0 spiro atoms. The van der Waals surface area contributed by atoms with Gasteiger partial charge in [0.2, 0.25) is 5.82 Å². The molecular formula is C22H27FN6O2. The van der Waals surface area contributed by atoms with Crippen molar-refractivity contribution in [1.82, 2.24) is 25.1 Å². The van der Waals surface area contributed by atoms with Gasteiger partial charge in [0, 0.05) is 38.2 Å². The van der Waals surface area contributed by atoms with Crippen LogP contribution in [0, 0.1) is 19.7 Å². The zero-order chi connectivity index (χ0) is 22.4. The molecule has 1 atom stereocenters. The second kappa shape index (κ2) is 10.1. The van der Waals surface area contributed by atoms with Gasteiger partial charge in [-0.05, 0) is 43.5 Å². The molecule has 0 saturated heterocycles. The Labute approximate surface area is 180 Å². The number of aryl methyl sites for hydroxylation is 1. The Morgan fingerprint density at radius 3 is 2.65 bits per heavy atom. The first-order valence-electron chi connectivity index (χ1n) is 9.99. The van der Waals surface area contributed by atoms with Crippen molar-refractivity contribution in [2.45, 2.75) is 26.3 Å². The topological polar surface area (TPSA) is 96.0 Å². The molecule has 0 saturated carbocycles. The monoisotopic (exact) mass is 426 g/mol. The Bertz CT molecular complexity index is 1010. The third kappa shape index (κ3) is 5.43. The van der Waals surface area contributed by atoms with Crippen LogP contribution in [0.15, 0.2) is 36.7 Å². The zero-order valence-corrected chi connectivity index (χ0v) is 18.1. The lowest BCUT2D eigenvalue weighted by Gasteiger charge is -2.28. The minimum Gasteiger partial charge on any atom is -0.382 e. The highest BCUT2D eigenvalue weighted by Gasteiger charge is 2.26. The van der Waals surface area contributed by atoms with E-state index in [1.54, 1.807) is 32.5 Å².